The maximum absolute atomic E-state index is 7.05. The minimum absolute atomic E-state index is 0.0562. The van der Waals surface area contributed by atoms with Crippen molar-refractivity contribution < 1.29 is 4.43 Å². The molecule has 0 bridgehead atoms. The van der Waals surface area contributed by atoms with Gasteiger partial charge in [0.15, 0.2) is 0 Å². The average Bonchev–Trinajstić information content (AvgIpc) is 2.65. The van der Waals surface area contributed by atoms with E-state index < -0.39 is 9.04 Å². The van der Waals surface area contributed by atoms with Crippen LogP contribution in [0.3, 0.4) is 0 Å². The van der Waals surface area contributed by atoms with Gasteiger partial charge >= 0.3 is 0 Å². The lowest BCUT2D eigenvalue weighted by Gasteiger charge is -2.43. The third-order valence-corrected chi connectivity index (χ3v) is 8.31. The fourth-order valence-electron chi connectivity index (χ4n) is 4.31. The zero-order valence-electron chi connectivity index (χ0n) is 16.8. The summed E-state index contributed by atoms with van der Waals surface area (Å²) in [5.41, 5.74) is 12.6. The molecular formula is C23H34N2OSi. The highest BCUT2D eigenvalue weighted by Crippen LogP contribution is 2.36. The first-order valence-corrected chi connectivity index (χ1v) is 11.8. The molecule has 4 atom stereocenters. The van der Waals surface area contributed by atoms with Gasteiger partial charge in [0.05, 0.1) is 6.10 Å². The second-order valence-electron chi connectivity index (χ2n) is 9.02. The van der Waals surface area contributed by atoms with E-state index in [-0.39, 0.29) is 23.6 Å². The van der Waals surface area contributed by atoms with Crippen LogP contribution < -0.4 is 21.8 Å². The maximum atomic E-state index is 7.05. The highest BCUT2D eigenvalue weighted by atomic mass is 28.3. The van der Waals surface area contributed by atoms with Crippen LogP contribution in [-0.2, 0) is 4.43 Å². The molecule has 146 valence electrons. The SMILES string of the molecule is CC(C)(C)C(O[SiH](c1ccccc1)c1ccccc1)C1CCC(N)[C@@H](N)C1. The molecule has 4 heteroatoms. The average molecular weight is 383 g/mol. The summed E-state index contributed by atoms with van der Waals surface area (Å²) in [5.74, 6) is 0.460. The van der Waals surface area contributed by atoms with E-state index in [1.807, 2.05) is 0 Å². The van der Waals surface area contributed by atoms with Crippen LogP contribution in [0.2, 0.25) is 0 Å². The second kappa shape index (κ2) is 8.70. The molecule has 0 aromatic heterocycles. The summed E-state index contributed by atoms with van der Waals surface area (Å²) in [6.07, 6.45) is 3.22. The standard InChI is InChI=1S/C23H34N2OSi/c1-23(2,3)22(17-14-15-20(24)21(25)16-17)26-27(18-10-6-4-7-11-18)19-12-8-5-9-13-19/h4-13,17,20-22,27H,14-16,24-25H2,1-3H3/t17?,20?,21-,22?/m0/s1. The zero-order valence-corrected chi connectivity index (χ0v) is 18.0. The number of benzene rings is 2. The van der Waals surface area contributed by atoms with E-state index >= 15 is 0 Å². The normalized spacial score (nSPS) is 24.7. The molecule has 1 fully saturated rings. The topological polar surface area (TPSA) is 61.3 Å². The summed E-state index contributed by atoms with van der Waals surface area (Å²) in [5, 5.41) is 2.66. The van der Waals surface area contributed by atoms with E-state index in [1.54, 1.807) is 0 Å². The molecule has 0 amide bonds. The molecule has 27 heavy (non-hydrogen) atoms. The Morgan fingerprint density at radius 2 is 1.37 bits per heavy atom. The Morgan fingerprint density at radius 1 is 0.852 bits per heavy atom. The Kier molecular flexibility index (Phi) is 6.53. The number of nitrogens with two attached hydrogens (primary N) is 2. The summed E-state index contributed by atoms with van der Waals surface area (Å²) in [6.45, 7) is 6.87. The largest absolute Gasteiger partial charge is 0.407 e. The van der Waals surface area contributed by atoms with Crippen LogP contribution in [0.25, 0.3) is 0 Å². The van der Waals surface area contributed by atoms with Gasteiger partial charge in [-0.1, -0.05) is 81.4 Å². The van der Waals surface area contributed by atoms with Crippen molar-refractivity contribution in [2.45, 2.75) is 58.2 Å². The second-order valence-corrected chi connectivity index (χ2v) is 11.4. The Bertz CT molecular complexity index is 662. The minimum atomic E-state index is -1.79. The Morgan fingerprint density at radius 3 is 1.81 bits per heavy atom. The summed E-state index contributed by atoms with van der Waals surface area (Å²) < 4.78 is 7.05. The van der Waals surface area contributed by atoms with Crippen LogP contribution in [0.1, 0.15) is 40.0 Å². The molecule has 0 aliphatic heterocycles. The number of rotatable bonds is 5. The third-order valence-electron chi connectivity index (χ3n) is 5.76. The van der Waals surface area contributed by atoms with E-state index in [9.17, 15) is 0 Å². The van der Waals surface area contributed by atoms with Crippen molar-refractivity contribution in [3.8, 4) is 0 Å². The molecule has 3 nitrogen and oxygen atoms in total. The molecule has 3 rings (SSSR count). The van der Waals surface area contributed by atoms with Crippen molar-refractivity contribution >= 4 is 19.4 Å². The maximum Gasteiger partial charge on any atom is 0.240 e. The lowest BCUT2D eigenvalue weighted by Crippen LogP contribution is -2.54. The van der Waals surface area contributed by atoms with Gasteiger partial charge < -0.3 is 15.9 Å². The Balaban J connectivity index is 1.91. The summed E-state index contributed by atoms with van der Waals surface area (Å²) in [6, 6.07) is 21.7. The van der Waals surface area contributed by atoms with Gasteiger partial charge in [0.25, 0.3) is 0 Å². The van der Waals surface area contributed by atoms with Gasteiger partial charge in [-0.25, -0.2) is 0 Å². The van der Waals surface area contributed by atoms with E-state index in [2.05, 4.69) is 81.4 Å². The van der Waals surface area contributed by atoms with E-state index in [4.69, 9.17) is 15.9 Å². The highest BCUT2D eigenvalue weighted by Gasteiger charge is 2.39. The molecule has 2 aromatic carbocycles. The van der Waals surface area contributed by atoms with E-state index in [0.717, 1.165) is 19.3 Å². The lowest BCUT2D eigenvalue weighted by atomic mass is 9.72. The van der Waals surface area contributed by atoms with Crippen molar-refractivity contribution in [1.29, 1.82) is 0 Å². The van der Waals surface area contributed by atoms with Gasteiger partial charge in [0, 0.05) is 12.1 Å². The molecule has 1 aliphatic carbocycles. The van der Waals surface area contributed by atoms with Gasteiger partial charge in [-0.3, -0.25) is 0 Å². The smallest absolute Gasteiger partial charge is 0.240 e. The molecule has 0 heterocycles. The summed E-state index contributed by atoms with van der Waals surface area (Å²) in [7, 11) is -1.79. The first-order chi connectivity index (χ1) is 12.9. The van der Waals surface area contributed by atoms with Gasteiger partial charge in [-0.15, -0.1) is 0 Å². The first-order valence-electron chi connectivity index (χ1n) is 10.1. The molecule has 0 saturated heterocycles. The number of hydrogen-bond acceptors (Lipinski definition) is 3. The molecule has 0 radical (unpaired) electrons. The van der Waals surface area contributed by atoms with E-state index in [0.29, 0.717) is 5.92 Å². The fraction of sp³-hybridized carbons (Fsp3) is 0.478. The zero-order chi connectivity index (χ0) is 19.4. The van der Waals surface area contributed by atoms with Gasteiger partial charge in [0.2, 0.25) is 9.04 Å². The molecule has 1 saturated carbocycles. The fourth-order valence-corrected chi connectivity index (χ4v) is 7.08. The van der Waals surface area contributed by atoms with Crippen molar-refractivity contribution in [3.63, 3.8) is 0 Å². The summed E-state index contributed by atoms with van der Waals surface area (Å²) >= 11 is 0. The van der Waals surface area contributed by atoms with Crippen LogP contribution in [0.15, 0.2) is 60.7 Å². The molecule has 2 aromatic rings. The van der Waals surface area contributed by atoms with Crippen LogP contribution in [-0.4, -0.2) is 27.2 Å². The van der Waals surface area contributed by atoms with Gasteiger partial charge in [-0.05, 0) is 41.0 Å². The van der Waals surface area contributed by atoms with Crippen LogP contribution >= 0.6 is 0 Å². The Labute approximate surface area is 165 Å². The van der Waals surface area contributed by atoms with Gasteiger partial charge in [-0.2, -0.15) is 0 Å². The van der Waals surface area contributed by atoms with Crippen LogP contribution in [0.4, 0.5) is 0 Å². The van der Waals surface area contributed by atoms with Crippen molar-refractivity contribution in [1.82, 2.24) is 0 Å². The van der Waals surface area contributed by atoms with E-state index in [1.165, 1.54) is 10.4 Å². The molecule has 0 spiro atoms. The lowest BCUT2D eigenvalue weighted by molar-refractivity contribution is 0.0144. The third kappa shape index (κ3) is 5.08. The van der Waals surface area contributed by atoms with Gasteiger partial charge in [0.1, 0.15) is 0 Å². The molecule has 3 unspecified atom stereocenters. The molecule has 4 N–H and O–H groups in total. The highest BCUT2D eigenvalue weighted by molar-refractivity contribution is 6.80. The molecular weight excluding hydrogens is 348 g/mol. The predicted molar refractivity (Wildman–Crippen MR) is 117 cm³/mol. The Hall–Kier alpha value is -1.46. The van der Waals surface area contributed by atoms with Crippen molar-refractivity contribution in [2.75, 3.05) is 0 Å². The monoisotopic (exact) mass is 382 g/mol. The minimum Gasteiger partial charge on any atom is -0.407 e. The first kappa shape index (κ1) is 20.3. The van der Waals surface area contributed by atoms with Crippen molar-refractivity contribution in [3.05, 3.63) is 60.7 Å². The van der Waals surface area contributed by atoms with Crippen LogP contribution in [0, 0.1) is 11.3 Å². The quantitative estimate of drug-likeness (QED) is 0.781. The molecule has 1 aliphatic rings. The predicted octanol–water partition coefficient (Wildman–Crippen LogP) is 2.41. The van der Waals surface area contributed by atoms with Crippen LogP contribution in [0.5, 0.6) is 0 Å². The number of hydrogen-bond donors (Lipinski definition) is 2. The summed E-state index contributed by atoms with van der Waals surface area (Å²) in [4.78, 5) is 0. The van der Waals surface area contributed by atoms with Crippen molar-refractivity contribution in [2.24, 2.45) is 22.8 Å².